The second kappa shape index (κ2) is 10.2. The van der Waals surface area contributed by atoms with Gasteiger partial charge in [0.15, 0.2) is 0 Å². The van der Waals surface area contributed by atoms with Crippen LogP contribution in [-0.4, -0.2) is 40.7 Å². The van der Waals surface area contributed by atoms with Crippen molar-refractivity contribution in [1.29, 1.82) is 0 Å². The number of phenolic OH excluding ortho intramolecular Hbond substituents is 1. The first-order valence-corrected chi connectivity index (χ1v) is 11.6. The number of likely N-dealkylation sites (tertiary alicyclic amines) is 1. The lowest BCUT2D eigenvalue weighted by molar-refractivity contribution is -0.116. The van der Waals surface area contributed by atoms with Crippen molar-refractivity contribution in [2.75, 3.05) is 25.0 Å². The average molecular weight is 445 g/mol. The van der Waals surface area contributed by atoms with Crippen LogP contribution in [0.5, 0.6) is 5.75 Å². The summed E-state index contributed by atoms with van der Waals surface area (Å²) in [6.07, 6.45) is 2.06. The third kappa shape index (κ3) is 5.27. The number of anilines is 1. The van der Waals surface area contributed by atoms with E-state index >= 15 is 0 Å². The molecule has 1 fully saturated rings. The van der Waals surface area contributed by atoms with E-state index in [-0.39, 0.29) is 17.6 Å². The summed E-state index contributed by atoms with van der Waals surface area (Å²) < 4.78 is 0. The predicted octanol–water partition coefficient (Wildman–Crippen LogP) is 4.68. The molecule has 0 unspecified atom stereocenters. The quantitative estimate of drug-likeness (QED) is 0.463. The van der Waals surface area contributed by atoms with E-state index in [1.54, 1.807) is 18.2 Å². The molecule has 5 heteroatoms. The fraction of sp³-hybridized carbons (Fsp3) is 0.321. The van der Waals surface area contributed by atoms with E-state index < -0.39 is 5.60 Å². The highest BCUT2D eigenvalue weighted by atomic mass is 16.3. The second-order valence-corrected chi connectivity index (χ2v) is 8.93. The Kier molecular flexibility index (Phi) is 7.11. The molecule has 3 aromatic rings. The third-order valence-electron chi connectivity index (χ3n) is 6.69. The number of benzene rings is 3. The molecular weight excluding hydrogens is 412 g/mol. The van der Waals surface area contributed by atoms with Crippen LogP contribution >= 0.6 is 0 Å². The maximum atomic E-state index is 12.4. The second-order valence-electron chi connectivity index (χ2n) is 8.93. The molecule has 0 atom stereocenters. The molecule has 1 aliphatic rings. The molecule has 0 aromatic heterocycles. The van der Waals surface area contributed by atoms with Crippen molar-refractivity contribution in [3.05, 3.63) is 95.6 Å². The highest BCUT2D eigenvalue weighted by molar-refractivity contribution is 5.92. The number of piperidine rings is 1. The van der Waals surface area contributed by atoms with E-state index in [1.807, 2.05) is 67.6 Å². The van der Waals surface area contributed by atoms with Gasteiger partial charge in [0.1, 0.15) is 11.4 Å². The van der Waals surface area contributed by atoms with Crippen molar-refractivity contribution in [3.63, 3.8) is 0 Å². The molecular formula is C28H32N2O3. The molecule has 3 N–H and O–H groups in total. The molecule has 0 bridgehead atoms. The topological polar surface area (TPSA) is 72.8 Å². The van der Waals surface area contributed by atoms with Crippen LogP contribution in [0, 0.1) is 12.8 Å². The van der Waals surface area contributed by atoms with Gasteiger partial charge in [0.2, 0.25) is 5.91 Å². The van der Waals surface area contributed by atoms with Gasteiger partial charge in [-0.05, 0) is 67.6 Å². The number of nitrogens with zero attached hydrogens (tertiary/aromatic N) is 1. The lowest BCUT2D eigenvalue weighted by Gasteiger charge is -2.42. The van der Waals surface area contributed by atoms with Gasteiger partial charge in [-0.15, -0.1) is 0 Å². The lowest BCUT2D eigenvalue weighted by Crippen LogP contribution is -2.44. The Morgan fingerprint density at radius 2 is 1.55 bits per heavy atom. The van der Waals surface area contributed by atoms with Crippen molar-refractivity contribution in [3.8, 4) is 5.75 Å². The highest BCUT2D eigenvalue weighted by Gasteiger charge is 2.41. The van der Waals surface area contributed by atoms with Gasteiger partial charge < -0.3 is 20.4 Å². The van der Waals surface area contributed by atoms with Gasteiger partial charge in [0.05, 0.1) is 5.69 Å². The number of phenols is 1. The number of carbonyl (C=O) groups excluding carboxylic acids is 1. The van der Waals surface area contributed by atoms with Gasteiger partial charge in [-0.2, -0.15) is 0 Å². The van der Waals surface area contributed by atoms with E-state index in [1.165, 1.54) is 0 Å². The van der Waals surface area contributed by atoms with Gasteiger partial charge in [-0.25, -0.2) is 0 Å². The number of carbonyl (C=O) groups is 1. The van der Waals surface area contributed by atoms with Gasteiger partial charge >= 0.3 is 0 Å². The van der Waals surface area contributed by atoms with Crippen molar-refractivity contribution in [2.45, 2.75) is 31.8 Å². The Hall–Kier alpha value is -3.15. The molecule has 1 heterocycles. The first kappa shape index (κ1) is 23.0. The van der Waals surface area contributed by atoms with Gasteiger partial charge in [0.25, 0.3) is 0 Å². The van der Waals surface area contributed by atoms with Crippen LogP contribution in [0.25, 0.3) is 0 Å². The first-order valence-electron chi connectivity index (χ1n) is 11.6. The van der Waals surface area contributed by atoms with Crippen molar-refractivity contribution >= 4 is 11.6 Å². The largest absolute Gasteiger partial charge is 0.506 e. The van der Waals surface area contributed by atoms with Crippen LogP contribution in [0.2, 0.25) is 0 Å². The monoisotopic (exact) mass is 444 g/mol. The molecule has 0 saturated carbocycles. The molecule has 4 rings (SSSR count). The molecule has 33 heavy (non-hydrogen) atoms. The minimum absolute atomic E-state index is 0.0795. The van der Waals surface area contributed by atoms with E-state index in [0.29, 0.717) is 18.7 Å². The van der Waals surface area contributed by atoms with Gasteiger partial charge in [-0.3, -0.25) is 4.79 Å². The number of aliphatic hydroxyl groups is 1. The number of amides is 1. The maximum absolute atomic E-state index is 12.4. The minimum atomic E-state index is -1.03. The zero-order chi connectivity index (χ0) is 23.3. The summed E-state index contributed by atoms with van der Waals surface area (Å²) in [5, 5.41) is 24.7. The smallest absolute Gasteiger partial charge is 0.225 e. The Bertz CT molecular complexity index is 1020. The molecule has 1 aliphatic heterocycles. The standard InChI is InChI=1S/C28H32N2O3/c1-21-12-13-26(31)25(20-21)29-27(32)16-19-30-17-14-24(15-18-30)28(33,22-8-4-2-5-9-22)23-10-6-3-7-11-23/h2-13,20,24,31,33H,14-19H2,1H3,(H,29,32). The molecule has 172 valence electrons. The summed E-state index contributed by atoms with van der Waals surface area (Å²) in [5.74, 6) is 0.0654. The van der Waals surface area contributed by atoms with E-state index in [9.17, 15) is 15.0 Å². The van der Waals surface area contributed by atoms with Gasteiger partial charge in [0, 0.05) is 13.0 Å². The highest BCUT2D eigenvalue weighted by Crippen LogP contribution is 2.41. The van der Waals surface area contributed by atoms with Crippen LogP contribution in [-0.2, 0) is 10.4 Å². The molecule has 0 aliphatic carbocycles. The van der Waals surface area contributed by atoms with Crippen molar-refractivity contribution in [1.82, 2.24) is 4.90 Å². The van der Waals surface area contributed by atoms with E-state index in [2.05, 4.69) is 10.2 Å². The van der Waals surface area contributed by atoms with Crippen LogP contribution in [0.4, 0.5) is 5.69 Å². The Morgan fingerprint density at radius 1 is 0.970 bits per heavy atom. The van der Waals surface area contributed by atoms with Gasteiger partial charge in [-0.1, -0.05) is 66.7 Å². The third-order valence-corrected chi connectivity index (χ3v) is 6.69. The van der Waals surface area contributed by atoms with Crippen molar-refractivity contribution in [2.24, 2.45) is 5.92 Å². The summed E-state index contributed by atoms with van der Waals surface area (Å²) >= 11 is 0. The van der Waals surface area contributed by atoms with Crippen LogP contribution in [0.3, 0.4) is 0 Å². The fourth-order valence-corrected chi connectivity index (χ4v) is 4.82. The Morgan fingerprint density at radius 3 is 2.12 bits per heavy atom. The number of hydrogen-bond acceptors (Lipinski definition) is 4. The number of nitrogens with one attached hydrogen (secondary N) is 1. The SMILES string of the molecule is Cc1ccc(O)c(NC(=O)CCN2CCC(C(O)(c3ccccc3)c3ccccc3)CC2)c1. The lowest BCUT2D eigenvalue weighted by atomic mass is 9.72. The molecule has 1 amide bonds. The summed E-state index contributed by atoms with van der Waals surface area (Å²) in [7, 11) is 0. The predicted molar refractivity (Wildman–Crippen MR) is 131 cm³/mol. The molecule has 5 nitrogen and oxygen atoms in total. The molecule has 0 radical (unpaired) electrons. The molecule has 0 spiro atoms. The number of hydrogen-bond donors (Lipinski definition) is 3. The number of aromatic hydroxyl groups is 1. The zero-order valence-electron chi connectivity index (χ0n) is 19.1. The van der Waals surface area contributed by atoms with Crippen LogP contribution in [0.1, 0.15) is 36.0 Å². The summed E-state index contributed by atoms with van der Waals surface area (Å²) in [4.78, 5) is 14.7. The maximum Gasteiger partial charge on any atom is 0.225 e. The fourth-order valence-electron chi connectivity index (χ4n) is 4.82. The molecule has 3 aromatic carbocycles. The van der Waals surface area contributed by atoms with Crippen LogP contribution < -0.4 is 5.32 Å². The minimum Gasteiger partial charge on any atom is -0.506 e. The zero-order valence-corrected chi connectivity index (χ0v) is 19.1. The Labute approximate surface area is 195 Å². The van der Waals surface area contributed by atoms with Crippen molar-refractivity contribution < 1.29 is 15.0 Å². The average Bonchev–Trinajstić information content (AvgIpc) is 2.86. The molecule has 1 saturated heterocycles. The summed E-state index contributed by atoms with van der Waals surface area (Å²) in [6, 6.07) is 25.0. The number of aryl methyl sites for hydroxylation is 1. The summed E-state index contributed by atoms with van der Waals surface area (Å²) in [6.45, 7) is 4.23. The number of rotatable bonds is 7. The first-order chi connectivity index (χ1) is 16.0. The normalized spacial score (nSPS) is 15.3. The van der Waals surface area contributed by atoms with Crippen LogP contribution in [0.15, 0.2) is 78.9 Å². The van der Waals surface area contributed by atoms with E-state index in [4.69, 9.17) is 0 Å². The van der Waals surface area contributed by atoms with E-state index in [0.717, 1.165) is 42.6 Å². The Balaban J connectivity index is 1.37. The summed E-state index contributed by atoms with van der Waals surface area (Å²) in [5.41, 5.74) is 2.25.